The Labute approximate surface area is 112 Å². The molecule has 0 fully saturated rings. The number of thiophene rings is 1. The summed E-state index contributed by atoms with van der Waals surface area (Å²) in [5.74, 6) is 0.0588. The number of hydrogen-bond donors (Lipinski definition) is 1. The second kappa shape index (κ2) is 5.63. The highest BCUT2D eigenvalue weighted by molar-refractivity contribution is 7.08. The monoisotopic (exact) mass is 288 g/mol. The summed E-state index contributed by atoms with van der Waals surface area (Å²) in [4.78, 5) is 0. The number of benzene rings is 1. The molecule has 1 N–H and O–H groups in total. The zero-order chi connectivity index (χ0) is 13.9. The van der Waals surface area contributed by atoms with Crippen molar-refractivity contribution in [1.82, 2.24) is 0 Å². The first-order valence-electron chi connectivity index (χ1n) is 5.46. The lowest BCUT2D eigenvalue weighted by Gasteiger charge is -2.14. The molecule has 0 amide bonds. The Hall–Kier alpha value is -1.53. The zero-order valence-electron chi connectivity index (χ0n) is 9.78. The van der Waals surface area contributed by atoms with Crippen molar-refractivity contribution in [2.75, 3.05) is 6.61 Å². The summed E-state index contributed by atoms with van der Waals surface area (Å²) >= 11 is 1.47. The lowest BCUT2D eigenvalue weighted by atomic mass is 10.0. The second-order valence-corrected chi connectivity index (χ2v) is 4.64. The van der Waals surface area contributed by atoms with E-state index in [9.17, 15) is 18.3 Å². The Morgan fingerprint density at radius 2 is 2.00 bits per heavy atom. The molecule has 0 unspecified atom stereocenters. The zero-order valence-corrected chi connectivity index (χ0v) is 10.6. The van der Waals surface area contributed by atoms with Gasteiger partial charge in [0.15, 0.2) is 6.61 Å². The minimum atomic E-state index is -4.40. The van der Waals surface area contributed by atoms with E-state index in [4.69, 9.17) is 4.74 Å². The van der Waals surface area contributed by atoms with E-state index >= 15 is 0 Å². The lowest BCUT2D eigenvalue weighted by Crippen LogP contribution is -2.19. The lowest BCUT2D eigenvalue weighted by molar-refractivity contribution is -0.153. The molecule has 0 aliphatic heterocycles. The molecule has 1 aromatic carbocycles. The van der Waals surface area contributed by atoms with Gasteiger partial charge >= 0.3 is 6.18 Å². The molecule has 6 heteroatoms. The van der Waals surface area contributed by atoms with E-state index in [1.807, 2.05) is 16.8 Å². The van der Waals surface area contributed by atoms with Gasteiger partial charge in [0.1, 0.15) is 5.75 Å². The van der Waals surface area contributed by atoms with Crippen LogP contribution in [0.5, 0.6) is 5.75 Å². The first kappa shape index (κ1) is 13.9. The number of halogens is 3. The van der Waals surface area contributed by atoms with Gasteiger partial charge < -0.3 is 9.84 Å². The minimum absolute atomic E-state index is 0.0588. The molecule has 2 nitrogen and oxygen atoms in total. The van der Waals surface area contributed by atoms with Gasteiger partial charge in [0.05, 0.1) is 6.61 Å². The largest absolute Gasteiger partial charge is 0.484 e. The quantitative estimate of drug-likeness (QED) is 0.926. The van der Waals surface area contributed by atoms with Crippen LogP contribution in [0.4, 0.5) is 13.2 Å². The summed E-state index contributed by atoms with van der Waals surface area (Å²) in [7, 11) is 0. The summed E-state index contributed by atoms with van der Waals surface area (Å²) in [6.07, 6.45) is -4.40. The molecule has 102 valence electrons. The summed E-state index contributed by atoms with van der Waals surface area (Å²) in [6.45, 7) is -1.74. The van der Waals surface area contributed by atoms with Crippen molar-refractivity contribution in [1.29, 1.82) is 0 Å². The first-order valence-corrected chi connectivity index (χ1v) is 6.40. The Morgan fingerprint density at radius 3 is 2.58 bits per heavy atom. The molecule has 0 saturated heterocycles. The molecule has 2 rings (SSSR count). The highest BCUT2D eigenvalue weighted by Crippen LogP contribution is 2.32. The van der Waals surface area contributed by atoms with Crippen molar-refractivity contribution < 1.29 is 23.0 Å². The van der Waals surface area contributed by atoms with Gasteiger partial charge in [-0.15, -0.1) is 0 Å². The third-order valence-electron chi connectivity index (χ3n) is 2.51. The average Bonchev–Trinajstić information content (AvgIpc) is 2.88. The molecular formula is C13H11F3O2S. The van der Waals surface area contributed by atoms with Gasteiger partial charge in [-0.1, -0.05) is 12.1 Å². The summed E-state index contributed by atoms with van der Waals surface area (Å²) in [6, 6.07) is 6.62. The molecular weight excluding hydrogens is 277 g/mol. The number of aliphatic hydroxyl groups excluding tert-OH is 1. The second-order valence-electron chi connectivity index (χ2n) is 3.86. The average molecular weight is 288 g/mol. The van der Waals surface area contributed by atoms with E-state index in [1.54, 1.807) is 12.1 Å². The van der Waals surface area contributed by atoms with Gasteiger partial charge in [-0.25, -0.2) is 0 Å². The smallest absolute Gasteiger partial charge is 0.422 e. The molecule has 0 spiro atoms. The third-order valence-corrected chi connectivity index (χ3v) is 3.20. The molecule has 0 aliphatic rings. The maximum absolute atomic E-state index is 12.2. The molecule has 1 aromatic heterocycles. The van der Waals surface area contributed by atoms with E-state index in [2.05, 4.69) is 0 Å². The van der Waals surface area contributed by atoms with Gasteiger partial charge in [-0.3, -0.25) is 0 Å². The van der Waals surface area contributed by atoms with Crippen LogP contribution in [0.25, 0.3) is 11.1 Å². The van der Waals surface area contributed by atoms with E-state index in [1.165, 1.54) is 17.4 Å². The van der Waals surface area contributed by atoms with E-state index in [0.29, 0.717) is 11.1 Å². The van der Waals surface area contributed by atoms with Crippen molar-refractivity contribution in [3.05, 3.63) is 40.6 Å². The molecule has 0 bridgehead atoms. The van der Waals surface area contributed by atoms with Gasteiger partial charge in [0, 0.05) is 5.56 Å². The van der Waals surface area contributed by atoms with Crippen molar-refractivity contribution in [2.24, 2.45) is 0 Å². The van der Waals surface area contributed by atoms with Crippen LogP contribution in [0.15, 0.2) is 35.0 Å². The number of ether oxygens (including phenoxy) is 1. The van der Waals surface area contributed by atoms with Crippen molar-refractivity contribution in [3.63, 3.8) is 0 Å². The Bertz CT molecular complexity index is 535. The predicted octanol–water partition coefficient (Wildman–Crippen LogP) is 3.85. The Balaban J connectivity index is 2.32. The van der Waals surface area contributed by atoms with Gasteiger partial charge in [-0.2, -0.15) is 24.5 Å². The standard InChI is InChI=1S/C13H11F3O2S/c14-13(15,16)8-18-12-3-1-2-10(11(12)6-17)9-4-5-19-7-9/h1-5,7,17H,6,8H2. The Morgan fingerprint density at radius 1 is 1.21 bits per heavy atom. The van der Waals surface area contributed by atoms with Crippen molar-refractivity contribution in [3.8, 4) is 16.9 Å². The first-order chi connectivity index (χ1) is 9.01. The van der Waals surface area contributed by atoms with Gasteiger partial charge in [0.25, 0.3) is 0 Å². The molecule has 2 aromatic rings. The van der Waals surface area contributed by atoms with Crippen LogP contribution in [-0.4, -0.2) is 17.9 Å². The molecule has 0 aliphatic carbocycles. The van der Waals surface area contributed by atoms with Crippen LogP contribution in [0.2, 0.25) is 0 Å². The maximum Gasteiger partial charge on any atom is 0.422 e. The van der Waals surface area contributed by atoms with Crippen LogP contribution in [0, 0.1) is 0 Å². The normalized spacial score (nSPS) is 11.6. The maximum atomic E-state index is 12.2. The molecule has 19 heavy (non-hydrogen) atoms. The number of alkyl halides is 3. The third kappa shape index (κ3) is 3.48. The number of hydrogen-bond acceptors (Lipinski definition) is 3. The predicted molar refractivity (Wildman–Crippen MR) is 67.2 cm³/mol. The SMILES string of the molecule is OCc1c(OCC(F)(F)F)cccc1-c1ccsc1. The fourth-order valence-corrected chi connectivity index (χ4v) is 2.37. The van der Waals surface area contributed by atoms with Crippen LogP contribution in [0.3, 0.4) is 0 Å². The van der Waals surface area contributed by atoms with Crippen LogP contribution < -0.4 is 4.74 Å². The molecule has 0 radical (unpaired) electrons. The van der Waals surface area contributed by atoms with Crippen LogP contribution in [-0.2, 0) is 6.61 Å². The van der Waals surface area contributed by atoms with Crippen LogP contribution >= 0.6 is 11.3 Å². The topological polar surface area (TPSA) is 29.5 Å². The fraction of sp³-hybridized carbons (Fsp3) is 0.231. The van der Waals surface area contributed by atoms with E-state index < -0.39 is 12.8 Å². The van der Waals surface area contributed by atoms with E-state index in [-0.39, 0.29) is 12.4 Å². The fourth-order valence-electron chi connectivity index (χ4n) is 1.71. The highest BCUT2D eigenvalue weighted by Gasteiger charge is 2.29. The summed E-state index contributed by atoms with van der Waals surface area (Å²) < 4.78 is 41.2. The van der Waals surface area contributed by atoms with E-state index in [0.717, 1.165) is 5.56 Å². The van der Waals surface area contributed by atoms with Gasteiger partial charge in [-0.05, 0) is 34.0 Å². The number of aliphatic hydroxyl groups is 1. The summed E-state index contributed by atoms with van der Waals surface area (Å²) in [5, 5.41) is 13.1. The van der Waals surface area contributed by atoms with Crippen molar-refractivity contribution >= 4 is 11.3 Å². The van der Waals surface area contributed by atoms with Crippen LogP contribution in [0.1, 0.15) is 5.56 Å². The Kier molecular flexibility index (Phi) is 4.11. The molecule has 0 saturated carbocycles. The molecule has 0 atom stereocenters. The van der Waals surface area contributed by atoms with Crippen molar-refractivity contribution in [2.45, 2.75) is 12.8 Å². The summed E-state index contributed by atoms with van der Waals surface area (Å²) in [5.41, 5.74) is 1.90. The highest BCUT2D eigenvalue weighted by atomic mass is 32.1. The number of rotatable bonds is 4. The minimum Gasteiger partial charge on any atom is -0.484 e. The molecule has 1 heterocycles. The van der Waals surface area contributed by atoms with Gasteiger partial charge in [0.2, 0.25) is 0 Å².